The van der Waals surface area contributed by atoms with Crippen LogP contribution < -0.4 is 0 Å². The summed E-state index contributed by atoms with van der Waals surface area (Å²) in [6.45, 7) is -0.319. The molecule has 0 bridgehead atoms. The summed E-state index contributed by atoms with van der Waals surface area (Å²) in [4.78, 5) is 8.11. The summed E-state index contributed by atoms with van der Waals surface area (Å²) >= 11 is 1.38. The Morgan fingerprint density at radius 3 is 2.72 bits per heavy atom. The molecule has 0 spiro atoms. The van der Waals surface area contributed by atoms with Gasteiger partial charge in [-0.2, -0.15) is 0 Å². The second kappa shape index (κ2) is 5.46. The maximum absolute atomic E-state index is 13.9. The van der Waals surface area contributed by atoms with Crippen LogP contribution in [-0.4, -0.2) is 44.7 Å². The zero-order valence-corrected chi connectivity index (χ0v) is 10.8. The average Bonchev–Trinajstić information content (AvgIpc) is 2.38. The van der Waals surface area contributed by atoms with Crippen LogP contribution in [0, 0.1) is 5.92 Å². The molecule has 1 saturated heterocycles. The van der Waals surface area contributed by atoms with Gasteiger partial charge in [0.15, 0.2) is 0 Å². The first-order valence-corrected chi connectivity index (χ1v) is 6.84. The normalized spacial score (nSPS) is 28.2. The maximum atomic E-state index is 13.9. The van der Waals surface area contributed by atoms with Crippen LogP contribution in [0.3, 0.4) is 0 Å². The predicted molar refractivity (Wildman–Crippen MR) is 65.1 cm³/mol. The molecule has 0 aromatic carbocycles. The van der Waals surface area contributed by atoms with Crippen molar-refractivity contribution in [2.45, 2.75) is 18.4 Å². The lowest BCUT2D eigenvalue weighted by atomic mass is 9.87. The molecule has 2 rings (SSSR count). The molecule has 4 nitrogen and oxygen atoms in total. The van der Waals surface area contributed by atoms with E-state index >= 15 is 0 Å². The molecule has 1 aromatic rings. The average molecular weight is 275 g/mol. The highest BCUT2D eigenvalue weighted by atomic mass is 32.2. The third-order valence-electron chi connectivity index (χ3n) is 3.18. The van der Waals surface area contributed by atoms with Gasteiger partial charge in [0, 0.05) is 25.4 Å². The Kier molecular flexibility index (Phi) is 4.14. The van der Waals surface area contributed by atoms with E-state index in [0.717, 1.165) is 0 Å². The van der Waals surface area contributed by atoms with Gasteiger partial charge in [0.1, 0.15) is 5.82 Å². The van der Waals surface area contributed by atoms with Gasteiger partial charge in [0.25, 0.3) is 5.92 Å². The maximum Gasteiger partial charge on any atom is 0.256 e. The molecule has 1 aliphatic rings. The summed E-state index contributed by atoms with van der Waals surface area (Å²) in [7, 11) is 0. The molecule has 1 aromatic heterocycles. The Morgan fingerprint density at radius 2 is 2.17 bits per heavy atom. The third kappa shape index (κ3) is 2.48. The lowest BCUT2D eigenvalue weighted by Gasteiger charge is -2.42. The number of aliphatic hydroxyl groups excluding tert-OH is 1. The van der Waals surface area contributed by atoms with E-state index in [9.17, 15) is 13.9 Å². The quantitative estimate of drug-likeness (QED) is 0.852. The Morgan fingerprint density at radius 1 is 1.50 bits per heavy atom. The zero-order valence-electron chi connectivity index (χ0n) is 9.96. The van der Waals surface area contributed by atoms with Crippen molar-refractivity contribution in [2.75, 3.05) is 19.4 Å². The first-order chi connectivity index (χ1) is 8.60. The minimum Gasteiger partial charge on any atom is -0.396 e. The second-order valence-electron chi connectivity index (χ2n) is 4.18. The molecular weight excluding hydrogens is 260 g/mol. The van der Waals surface area contributed by atoms with Gasteiger partial charge in [-0.25, -0.2) is 23.1 Å². The van der Waals surface area contributed by atoms with E-state index < -0.39 is 24.5 Å². The van der Waals surface area contributed by atoms with Gasteiger partial charge in [-0.05, 0) is 12.3 Å². The standard InChI is InChI=1S/C11H15F2N3OS/c1-18-16-6-3-11(12,13)8(7-17)9(16)10-14-4-2-5-15-10/h2,4-5,8-9,17H,3,6-7H2,1H3. The SMILES string of the molecule is CSN1CCC(F)(F)C(CO)C1c1ncccn1. The highest BCUT2D eigenvalue weighted by molar-refractivity contribution is 7.96. The smallest absolute Gasteiger partial charge is 0.256 e. The van der Waals surface area contributed by atoms with Crippen molar-refractivity contribution in [3.63, 3.8) is 0 Å². The van der Waals surface area contributed by atoms with Crippen molar-refractivity contribution in [3.8, 4) is 0 Å². The molecule has 0 radical (unpaired) electrons. The van der Waals surface area contributed by atoms with Crippen LogP contribution in [0.2, 0.25) is 0 Å². The first kappa shape index (κ1) is 13.6. The molecule has 2 unspecified atom stereocenters. The number of aliphatic hydroxyl groups is 1. The number of piperidine rings is 1. The van der Waals surface area contributed by atoms with Gasteiger partial charge in [-0.1, -0.05) is 11.9 Å². The van der Waals surface area contributed by atoms with Crippen LogP contribution in [0.25, 0.3) is 0 Å². The number of nitrogens with zero attached hydrogens (tertiary/aromatic N) is 3. The van der Waals surface area contributed by atoms with Crippen LogP contribution in [0.15, 0.2) is 18.5 Å². The topological polar surface area (TPSA) is 49.2 Å². The van der Waals surface area contributed by atoms with Crippen LogP contribution in [0.5, 0.6) is 0 Å². The van der Waals surface area contributed by atoms with E-state index in [4.69, 9.17) is 0 Å². The van der Waals surface area contributed by atoms with Crippen molar-refractivity contribution in [2.24, 2.45) is 5.92 Å². The van der Waals surface area contributed by atoms with Crippen LogP contribution in [-0.2, 0) is 0 Å². The minimum atomic E-state index is -2.88. The van der Waals surface area contributed by atoms with Gasteiger partial charge < -0.3 is 5.11 Å². The molecule has 1 aliphatic heterocycles. The minimum absolute atomic E-state index is 0.248. The highest BCUT2D eigenvalue weighted by Crippen LogP contribution is 2.45. The fourth-order valence-corrected chi connectivity index (χ4v) is 2.97. The summed E-state index contributed by atoms with van der Waals surface area (Å²) < 4.78 is 29.5. The Hall–Kier alpha value is -0.790. The number of rotatable bonds is 3. The van der Waals surface area contributed by atoms with E-state index in [1.54, 1.807) is 6.07 Å². The van der Waals surface area contributed by atoms with Gasteiger partial charge in [0.2, 0.25) is 0 Å². The van der Waals surface area contributed by atoms with Crippen molar-refractivity contribution >= 4 is 11.9 Å². The lowest BCUT2D eigenvalue weighted by molar-refractivity contribution is -0.130. The number of hydrogen-bond acceptors (Lipinski definition) is 5. The Balaban J connectivity index is 2.36. The fourth-order valence-electron chi connectivity index (χ4n) is 2.23. The van der Waals surface area contributed by atoms with Gasteiger partial charge >= 0.3 is 0 Å². The highest BCUT2D eigenvalue weighted by Gasteiger charge is 2.51. The molecule has 7 heteroatoms. The molecule has 0 saturated carbocycles. The van der Waals surface area contributed by atoms with Crippen LogP contribution in [0.4, 0.5) is 8.78 Å². The van der Waals surface area contributed by atoms with E-state index in [1.165, 1.54) is 24.3 Å². The fraction of sp³-hybridized carbons (Fsp3) is 0.636. The summed E-state index contributed by atoms with van der Waals surface area (Å²) in [5.41, 5.74) is 0. The second-order valence-corrected chi connectivity index (χ2v) is 5.01. The van der Waals surface area contributed by atoms with Gasteiger partial charge in [-0.15, -0.1) is 0 Å². The molecule has 1 N–H and O–H groups in total. The number of hydrogen-bond donors (Lipinski definition) is 1. The predicted octanol–water partition coefficient (Wildman–Crippen LogP) is 1.75. The molecule has 2 atom stereocenters. The van der Waals surface area contributed by atoms with E-state index in [0.29, 0.717) is 5.82 Å². The first-order valence-electron chi connectivity index (χ1n) is 5.66. The third-order valence-corrected chi connectivity index (χ3v) is 4.06. The summed E-state index contributed by atoms with van der Waals surface area (Å²) in [5, 5.41) is 9.30. The molecule has 2 heterocycles. The molecule has 1 fully saturated rings. The Labute approximate surface area is 109 Å². The molecule has 0 amide bonds. The molecular formula is C11H15F2N3OS. The van der Waals surface area contributed by atoms with Crippen molar-refractivity contribution in [1.29, 1.82) is 0 Å². The lowest BCUT2D eigenvalue weighted by Crippen LogP contribution is -2.48. The molecule has 18 heavy (non-hydrogen) atoms. The van der Waals surface area contributed by atoms with Gasteiger partial charge in [0.05, 0.1) is 18.6 Å². The zero-order chi connectivity index (χ0) is 13.2. The monoisotopic (exact) mass is 275 g/mol. The van der Waals surface area contributed by atoms with Gasteiger partial charge in [-0.3, -0.25) is 0 Å². The summed E-state index contributed by atoms with van der Waals surface area (Å²) in [6, 6.07) is 0.983. The van der Waals surface area contributed by atoms with Crippen molar-refractivity contribution in [1.82, 2.24) is 14.3 Å². The van der Waals surface area contributed by atoms with E-state index in [1.807, 2.05) is 10.6 Å². The Bertz CT molecular complexity index is 393. The summed E-state index contributed by atoms with van der Waals surface area (Å²) in [5.74, 6) is -3.71. The number of alkyl halides is 2. The van der Waals surface area contributed by atoms with Crippen LogP contribution >= 0.6 is 11.9 Å². The molecule has 100 valence electrons. The molecule has 0 aliphatic carbocycles. The van der Waals surface area contributed by atoms with E-state index in [2.05, 4.69) is 9.97 Å². The number of halogens is 2. The van der Waals surface area contributed by atoms with Crippen LogP contribution in [0.1, 0.15) is 18.3 Å². The van der Waals surface area contributed by atoms with Crippen molar-refractivity contribution < 1.29 is 13.9 Å². The number of aromatic nitrogens is 2. The van der Waals surface area contributed by atoms with E-state index in [-0.39, 0.29) is 13.0 Å². The largest absolute Gasteiger partial charge is 0.396 e. The summed E-state index contributed by atoms with van der Waals surface area (Å²) in [6.07, 6.45) is 4.64. The van der Waals surface area contributed by atoms with Crippen molar-refractivity contribution in [3.05, 3.63) is 24.3 Å².